The van der Waals surface area contributed by atoms with Crippen LogP contribution in [-0.2, 0) is 16.1 Å². The molecule has 7 nitrogen and oxygen atoms in total. The molecule has 0 aliphatic carbocycles. The van der Waals surface area contributed by atoms with Crippen molar-refractivity contribution in [2.75, 3.05) is 24.8 Å². The van der Waals surface area contributed by atoms with Crippen molar-refractivity contribution in [2.24, 2.45) is 0 Å². The third-order valence-corrected chi connectivity index (χ3v) is 4.29. The van der Waals surface area contributed by atoms with Crippen molar-refractivity contribution in [2.45, 2.75) is 25.5 Å². The molecule has 0 radical (unpaired) electrons. The predicted molar refractivity (Wildman–Crippen MR) is 97.3 cm³/mol. The topological polar surface area (TPSA) is 93.4 Å². The molecular formula is C17H21N3O4S. The van der Waals surface area contributed by atoms with Gasteiger partial charge in [-0.2, -0.15) is 4.98 Å². The largest absolute Gasteiger partial charge is 0.493 e. The zero-order chi connectivity index (χ0) is 18.4. The number of carbonyl (C=O) groups is 1. The van der Waals surface area contributed by atoms with Crippen LogP contribution in [0.15, 0.2) is 34.2 Å². The number of methoxy groups -OCH3 is 1. The lowest BCUT2D eigenvalue weighted by atomic mass is 10.1. The van der Waals surface area contributed by atoms with Gasteiger partial charge in [-0.3, -0.25) is 14.2 Å². The molecule has 25 heavy (non-hydrogen) atoms. The fourth-order valence-corrected chi connectivity index (χ4v) is 3.17. The van der Waals surface area contributed by atoms with Crippen molar-refractivity contribution in [1.29, 1.82) is 0 Å². The zero-order valence-corrected chi connectivity index (χ0v) is 15.2. The van der Waals surface area contributed by atoms with Crippen molar-refractivity contribution in [3.63, 3.8) is 0 Å². The highest BCUT2D eigenvalue weighted by atomic mass is 32.2. The van der Waals surface area contributed by atoms with Crippen LogP contribution in [0, 0.1) is 13.8 Å². The number of nitrogens with one attached hydrogen (secondary N) is 1. The van der Waals surface area contributed by atoms with E-state index in [-0.39, 0.29) is 28.3 Å². The molecule has 2 rings (SSSR count). The lowest BCUT2D eigenvalue weighted by Crippen LogP contribution is -2.24. The van der Waals surface area contributed by atoms with Crippen LogP contribution in [0.2, 0.25) is 0 Å². The first-order chi connectivity index (χ1) is 11.9. The Morgan fingerprint density at radius 1 is 1.28 bits per heavy atom. The number of carbonyl (C=O) groups excluding carboxylic acids is 1. The van der Waals surface area contributed by atoms with Gasteiger partial charge in [0.05, 0.1) is 25.0 Å². The quantitative estimate of drug-likeness (QED) is 0.577. The number of amides is 1. The first kappa shape index (κ1) is 19.0. The second-order valence-corrected chi connectivity index (χ2v) is 6.54. The molecule has 0 aliphatic rings. The maximum atomic E-state index is 12.2. The molecule has 2 aromatic rings. The van der Waals surface area contributed by atoms with Gasteiger partial charge in [-0.05, 0) is 37.1 Å². The van der Waals surface area contributed by atoms with Crippen LogP contribution < -0.4 is 10.9 Å². The van der Waals surface area contributed by atoms with Crippen LogP contribution in [0.3, 0.4) is 0 Å². The summed E-state index contributed by atoms with van der Waals surface area (Å²) >= 11 is 1.09. The van der Waals surface area contributed by atoms with Crippen LogP contribution >= 0.6 is 11.8 Å². The number of hydrogen-bond donors (Lipinski definition) is 2. The Hall–Kier alpha value is -2.32. The van der Waals surface area contributed by atoms with E-state index < -0.39 is 0 Å². The normalized spacial score (nSPS) is 10.7. The number of aromatic hydroxyl groups is 1. The number of aromatic nitrogens is 2. The first-order valence-electron chi connectivity index (χ1n) is 7.70. The summed E-state index contributed by atoms with van der Waals surface area (Å²) in [5, 5.41) is 12.6. The highest BCUT2D eigenvalue weighted by Crippen LogP contribution is 2.18. The Balaban J connectivity index is 2.07. The van der Waals surface area contributed by atoms with Gasteiger partial charge in [0, 0.05) is 12.8 Å². The maximum absolute atomic E-state index is 12.2. The maximum Gasteiger partial charge on any atom is 0.258 e. The minimum Gasteiger partial charge on any atom is -0.493 e. The van der Waals surface area contributed by atoms with Crippen LogP contribution in [0.25, 0.3) is 0 Å². The van der Waals surface area contributed by atoms with E-state index in [0.29, 0.717) is 13.2 Å². The lowest BCUT2D eigenvalue weighted by molar-refractivity contribution is -0.113. The standard InChI is InChI=1S/C17H21N3O4S/c1-11-6-12(2)8-13(7-11)18-15(22)10-25-17-19-14(21)9-16(23)20(17)4-5-24-3/h6-9,21H,4-5,10H2,1-3H3,(H,18,22). The molecule has 0 atom stereocenters. The molecule has 1 amide bonds. The van der Waals surface area contributed by atoms with E-state index in [0.717, 1.165) is 34.6 Å². The van der Waals surface area contributed by atoms with Crippen LogP contribution in [0.4, 0.5) is 5.69 Å². The number of thioether (sulfide) groups is 1. The Labute approximate surface area is 150 Å². The molecule has 1 aromatic heterocycles. The molecule has 2 N–H and O–H groups in total. The van der Waals surface area contributed by atoms with Crippen LogP contribution in [-0.4, -0.2) is 40.0 Å². The lowest BCUT2D eigenvalue weighted by Gasteiger charge is -2.11. The Morgan fingerprint density at radius 2 is 1.96 bits per heavy atom. The summed E-state index contributed by atoms with van der Waals surface area (Å²) in [6.45, 7) is 4.55. The van der Waals surface area contributed by atoms with E-state index in [1.165, 1.54) is 11.7 Å². The third-order valence-electron chi connectivity index (χ3n) is 3.32. The first-order valence-corrected chi connectivity index (χ1v) is 8.68. The van der Waals surface area contributed by atoms with E-state index in [1.807, 2.05) is 32.0 Å². The molecule has 0 unspecified atom stereocenters. The van der Waals surface area contributed by atoms with Gasteiger partial charge in [-0.25, -0.2) is 0 Å². The van der Waals surface area contributed by atoms with E-state index in [2.05, 4.69) is 10.3 Å². The number of ether oxygens (including phenoxy) is 1. The second-order valence-electron chi connectivity index (χ2n) is 5.59. The molecule has 8 heteroatoms. The summed E-state index contributed by atoms with van der Waals surface area (Å²) in [5.74, 6) is -0.516. The summed E-state index contributed by atoms with van der Waals surface area (Å²) in [4.78, 5) is 28.1. The van der Waals surface area contributed by atoms with Gasteiger partial charge >= 0.3 is 0 Å². The fraction of sp³-hybridized carbons (Fsp3) is 0.353. The summed E-state index contributed by atoms with van der Waals surface area (Å²) in [6.07, 6.45) is 0. The molecule has 0 fully saturated rings. The van der Waals surface area contributed by atoms with Gasteiger partial charge in [0.25, 0.3) is 5.56 Å². The molecular weight excluding hydrogens is 342 g/mol. The number of hydrogen-bond acceptors (Lipinski definition) is 6. The van der Waals surface area contributed by atoms with Crippen molar-refractivity contribution in [1.82, 2.24) is 9.55 Å². The van der Waals surface area contributed by atoms with Crippen LogP contribution in [0.1, 0.15) is 11.1 Å². The van der Waals surface area contributed by atoms with E-state index in [9.17, 15) is 14.7 Å². The molecule has 1 aromatic carbocycles. The van der Waals surface area contributed by atoms with Gasteiger partial charge in [0.15, 0.2) is 5.16 Å². The number of rotatable bonds is 7. The SMILES string of the molecule is COCCn1c(SCC(=O)Nc2cc(C)cc(C)c2)nc(O)cc1=O. The summed E-state index contributed by atoms with van der Waals surface area (Å²) in [7, 11) is 1.53. The molecule has 0 saturated heterocycles. The number of nitrogens with zero attached hydrogens (tertiary/aromatic N) is 2. The fourth-order valence-electron chi connectivity index (χ4n) is 2.35. The average Bonchev–Trinajstić information content (AvgIpc) is 2.50. The predicted octanol–water partition coefficient (Wildman–Crippen LogP) is 1.94. The minimum absolute atomic E-state index is 0.0653. The second kappa shape index (κ2) is 8.68. The molecule has 0 saturated carbocycles. The monoisotopic (exact) mass is 363 g/mol. The van der Waals surface area contributed by atoms with Crippen LogP contribution in [0.5, 0.6) is 5.88 Å². The van der Waals surface area contributed by atoms with Gasteiger partial charge in [0.2, 0.25) is 11.8 Å². The minimum atomic E-state index is -0.387. The van der Waals surface area contributed by atoms with Crippen molar-refractivity contribution >= 4 is 23.4 Å². The van der Waals surface area contributed by atoms with Gasteiger partial charge in [0.1, 0.15) is 0 Å². The van der Waals surface area contributed by atoms with E-state index in [4.69, 9.17) is 4.74 Å². The Kier molecular flexibility index (Phi) is 6.60. The summed E-state index contributed by atoms with van der Waals surface area (Å²) in [6, 6.07) is 6.83. The number of anilines is 1. The van der Waals surface area contributed by atoms with Crippen molar-refractivity contribution < 1.29 is 14.6 Å². The van der Waals surface area contributed by atoms with Crippen molar-refractivity contribution in [3.8, 4) is 5.88 Å². The van der Waals surface area contributed by atoms with Gasteiger partial charge in [-0.15, -0.1) is 0 Å². The zero-order valence-electron chi connectivity index (χ0n) is 14.4. The molecule has 0 spiro atoms. The van der Waals surface area contributed by atoms with Gasteiger partial charge in [-0.1, -0.05) is 17.8 Å². The third kappa shape index (κ3) is 5.61. The number of aryl methyl sites for hydroxylation is 2. The molecule has 1 heterocycles. The Bertz CT molecular complexity index is 800. The highest BCUT2D eigenvalue weighted by molar-refractivity contribution is 7.99. The smallest absolute Gasteiger partial charge is 0.258 e. The van der Waals surface area contributed by atoms with Crippen molar-refractivity contribution in [3.05, 3.63) is 45.7 Å². The Morgan fingerprint density at radius 3 is 2.60 bits per heavy atom. The molecule has 0 aliphatic heterocycles. The average molecular weight is 363 g/mol. The summed E-state index contributed by atoms with van der Waals surface area (Å²) in [5.41, 5.74) is 2.46. The van der Waals surface area contributed by atoms with Gasteiger partial charge < -0.3 is 15.2 Å². The molecule has 0 bridgehead atoms. The highest BCUT2D eigenvalue weighted by Gasteiger charge is 2.12. The number of benzene rings is 1. The molecule has 134 valence electrons. The summed E-state index contributed by atoms with van der Waals surface area (Å²) < 4.78 is 6.35. The van der Waals surface area contributed by atoms with E-state index >= 15 is 0 Å². The van der Waals surface area contributed by atoms with E-state index in [1.54, 1.807) is 0 Å².